The molecule has 1 amide bonds. The Morgan fingerprint density at radius 2 is 1.73 bits per heavy atom. The first-order valence-corrected chi connectivity index (χ1v) is 12.5. The van der Waals surface area contributed by atoms with Crippen molar-refractivity contribution in [3.05, 3.63) is 81.8 Å². The molecule has 0 aliphatic rings. The van der Waals surface area contributed by atoms with E-state index in [0.717, 1.165) is 10.0 Å². The van der Waals surface area contributed by atoms with E-state index in [-0.39, 0.29) is 34.2 Å². The highest BCUT2D eigenvalue weighted by atomic mass is 79.9. The number of amides is 1. The molecule has 1 atom stereocenters. The molecule has 7 nitrogen and oxygen atoms in total. The van der Waals surface area contributed by atoms with Crippen LogP contribution in [0.2, 0.25) is 5.02 Å². The van der Waals surface area contributed by atoms with Crippen LogP contribution in [0.25, 0.3) is 0 Å². The summed E-state index contributed by atoms with van der Waals surface area (Å²) in [7, 11) is -2.34. The van der Waals surface area contributed by atoms with E-state index in [1.165, 1.54) is 25.3 Å². The fourth-order valence-electron chi connectivity index (χ4n) is 2.90. The molecule has 174 valence electrons. The van der Waals surface area contributed by atoms with Gasteiger partial charge >= 0.3 is 0 Å². The Hall–Kier alpha value is -2.75. The second-order valence-electron chi connectivity index (χ2n) is 7.06. The summed E-state index contributed by atoms with van der Waals surface area (Å²) in [5.74, 6) is 0.476. The first-order chi connectivity index (χ1) is 15.7. The van der Waals surface area contributed by atoms with Gasteiger partial charge in [0, 0.05) is 10.2 Å². The fraction of sp³-hybridized carbons (Fsp3) is 0.174. The molecule has 2 N–H and O–H groups in total. The predicted octanol–water partition coefficient (Wildman–Crippen LogP) is 5.17. The van der Waals surface area contributed by atoms with Crippen molar-refractivity contribution in [3.8, 4) is 11.5 Å². The molecular weight excluding hydrogens is 532 g/mol. The molecule has 3 aromatic carbocycles. The van der Waals surface area contributed by atoms with Gasteiger partial charge in [-0.15, -0.1) is 0 Å². The van der Waals surface area contributed by atoms with Crippen LogP contribution >= 0.6 is 27.5 Å². The van der Waals surface area contributed by atoms with Crippen LogP contribution in [-0.2, 0) is 14.8 Å². The third-order valence-corrected chi connectivity index (χ3v) is 6.87. The zero-order valence-electron chi connectivity index (χ0n) is 17.8. The van der Waals surface area contributed by atoms with E-state index in [1.54, 1.807) is 24.3 Å². The zero-order valence-corrected chi connectivity index (χ0v) is 21.0. The Labute approximate surface area is 206 Å². The molecule has 0 unspecified atom stereocenters. The van der Waals surface area contributed by atoms with Crippen LogP contribution < -0.4 is 19.5 Å². The maximum atomic E-state index is 12.7. The zero-order chi connectivity index (χ0) is 24.0. The number of anilines is 1. The molecular formula is C23H22BrClN2O5S. The third kappa shape index (κ3) is 6.86. The van der Waals surface area contributed by atoms with Crippen LogP contribution in [0.4, 0.5) is 5.69 Å². The second-order valence-corrected chi connectivity index (χ2v) is 10.1. The molecule has 0 aliphatic carbocycles. The number of carbonyl (C=O) groups is 1. The largest absolute Gasteiger partial charge is 0.497 e. The van der Waals surface area contributed by atoms with E-state index >= 15 is 0 Å². The molecule has 0 aliphatic heterocycles. The van der Waals surface area contributed by atoms with Crippen molar-refractivity contribution in [2.45, 2.75) is 17.9 Å². The summed E-state index contributed by atoms with van der Waals surface area (Å²) in [4.78, 5) is 12.2. The van der Waals surface area contributed by atoms with Crippen molar-refractivity contribution in [2.24, 2.45) is 0 Å². The summed E-state index contributed by atoms with van der Waals surface area (Å²) >= 11 is 9.58. The van der Waals surface area contributed by atoms with Crippen molar-refractivity contribution in [1.29, 1.82) is 0 Å². The van der Waals surface area contributed by atoms with Gasteiger partial charge < -0.3 is 14.8 Å². The highest BCUT2D eigenvalue weighted by molar-refractivity contribution is 9.10. The maximum Gasteiger partial charge on any atom is 0.261 e. The SMILES string of the molecule is COc1ccc(NS(=O)(=O)c2ccc(OCC(=O)N[C@H](C)c3ccc(Br)cc3)c(Cl)c2)cc1. The number of benzene rings is 3. The predicted molar refractivity (Wildman–Crippen MR) is 131 cm³/mol. The first kappa shape index (κ1) is 24.9. The smallest absolute Gasteiger partial charge is 0.261 e. The molecule has 0 saturated heterocycles. The molecule has 10 heteroatoms. The van der Waals surface area contributed by atoms with Gasteiger partial charge in [-0.2, -0.15) is 0 Å². The van der Waals surface area contributed by atoms with Crippen molar-refractivity contribution in [3.63, 3.8) is 0 Å². The van der Waals surface area contributed by atoms with Gasteiger partial charge in [-0.25, -0.2) is 8.42 Å². The van der Waals surface area contributed by atoms with E-state index in [0.29, 0.717) is 11.4 Å². The van der Waals surface area contributed by atoms with Gasteiger partial charge in [-0.1, -0.05) is 39.7 Å². The molecule has 3 rings (SSSR count). The lowest BCUT2D eigenvalue weighted by Gasteiger charge is -2.15. The van der Waals surface area contributed by atoms with Crippen molar-refractivity contribution < 1.29 is 22.7 Å². The minimum absolute atomic E-state index is 0.0380. The summed E-state index contributed by atoms with van der Waals surface area (Å²) in [6.07, 6.45) is 0. The summed E-state index contributed by atoms with van der Waals surface area (Å²) in [5.41, 5.74) is 1.33. The minimum atomic E-state index is -3.87. The highest BCUT2D eigenvalue weighted by Crippen LogP contribution is 2.28. The number of rotatable bonds is 9. The lowest BCUT2D eigenvalue weighted by Crippen LogP contribution is -2.31. The van der Waals surface area contributed by atoms with Gasteiger partial charge in [-0.05, 0) is 67.1 Å². The number of halogens is 2. The van der Waals surface area contributed by atoms with Crippen LogP contribution in [0.15, 0.2) is 76.1 Å². The Morgan fingerprint density at radius 1 is 1.06 bits per heavy atom. The standard InChI is InChI=1S/C23H22BrClN2O5S/c1-15(16-3-5-17(24)6-4-16)26-23(28)14-32-22-12-11-20(13-21(22)25)33(29,30)27-18-7-9-19(31-2)10-8-18/h3-13,15,27H,14H2,1-2H3,(H,26,28)/t15-/m1/s1. The molecule has 0 radical (unpaired) electrons. The van der Waals surface area contributed by atoms with Crippen LogP contribution in [0, 0.1) is 0 Å². The quantitative estimate of drug-likeness (QED) is 0.381. The molecule has 0 heterocycles. The second kappa shape index (κ2) is 10.9. The number of ether oxygens (including phenoxy) is 2. The molecule has 0 spiro atoms. The van der Waals surface area contributed by atoms with Crippen LogP contribution in [0.5, 0.6) is 11.5 Å². The minimum Gasteiger partial charge on any atom is -0.497 e. The monoisotopic (exact) mass is 552 g/mol. The van der Waals surface area contributed by atoms with Gasteiger partial charge in [-0.3, -0.25) is 9.52 Å². The van der Waals surface area contributed by atoms with E-state index in [4.69, 9.17) is 21.1 Å². The average molecular weight is 554 g/mol. The van der Waals surface area contributed by atoms with E-state index in [9.17, 15) is 13.2 Å². The Kier molecular flexibility index (Phi) is 8.23. The molecule has 0 saturated carbocycles. The Morgan fingerprint density at radius 3 is 2.33 bits per heavy atom. The topological polar surface area (TPSA) is 93.7 Å². The van der Waals surface area contributed by atoms with E-state index in [1.807, 2.05) is 31.2 Å². The summed E-state index contributed by atoms with van der Waals surface area (Å²) < 4.78 is 39.3. The normalized spacial score (nSPS) is 12.0. The van der Waals surface area contributed by atoms with Gasteiger partial charge in [0.05, 0.1) is 23.1 Å². The Bertz CT molecular complexity index is 1220. The number of nitrogens with one attached hydrogen (secondary N) is 2. The number of methoxy groups -OCH3 is 1. The van der Waals surface area contributed by atoms with Gasteiger partial charge in [0.2, 0.25) is 0 Å². The highest BCUT2D eigenvalue weighted by Gasteiger charge is 2.17. The summed E-state index contributed by atoms with van der Waals surface area (Å²) in [6.45, 7) is 1.60. The van der Waals surface area contributed by atoms with E-state index < -0.39 is 10.0 Å². The Balaban J connectivity index is 1.60. The number of hydrogen-bond donors (Lipinski definition) is 2. The summed E-state index contributed by atoms with van der Waals surface area (Å²) in [5, 5.41) is 2.91. The molecule has 0 fully saturated rings. The first-order valence-electron chi connectivity index (χ1n) is 9.82. The van der Waals surface area contributed by atoms with Crippen LogP contribution in [0.3, 0.4) is 0 Å². The molecule has 0 aromatic heterocycles. The van der Waals surface area contributed by atoms with Crippen molar-refractivity contribution in [2.75, 3.05) is 18.4 Å². The van der Waals surface area contributed by atoms with E-state index in [2.05, 4.69) is 26.0 Å². The van der Waals surface area contributed by atoms with Crippen molar-refractivity contribution >= 4 is 49.1 Å². The maximum absolute atomic E-state index is 12.7. The lowest BCUT2D eigenvalue weighted by molar-refractivity contribution is -0.123. The number of sulfonamides is 1. The molecule has 33 heavy (non-hydrogen) atoms. The van der Waals surface area contributed by atoms with Gasteiger partial charge in [0.25, 0.3) is 15.9 Å². The van der Waals surface area contributed by atoms with Gasteiger partial charge in [0.1, 0.15) is 11.5 Å². The third-order valence-electron chi connectivity index (χ3n) is 4.66. The summed E-state index contributed by atoms with van der Waals surface area (Å²) in [6, 6.07) is 17.9. The fourth-order valence-corrected chi connectivity index (χ4v) is 4.55. The van der Waals surface area contributed by atoms with Crippen LogP contribution in [0.1, 0.15) is 18.5 Å². The van der Waals surface area contributed by atoms with Crippen LogP contribution in [-0.4, -0.2) is 28.0 Å². The molecule has 0 bridgehead atoms. The van der Waals surface area contributed by atoms with Crippen molar-refractivity contribution in [1.82, 2.24) is 5.32 Å². The lowest BCUT2D eigenvalue weighted by atomic mass is 10.1. The molecule has 3 aromatic rings. The number of carbonyl (C=O) groups excluding carboxylic acids is 1. The average Bonchev–Trinajstić information content (AvgIpc) is 2.79. The van der Waals surface area contributed by atoms with Gasteiger partial charge in [0.15, 0.2) is 6.61 Å². The number of hydrogen-bond acceptors (Lipinski definition) is 5.